The van der Waals surface area contributed by atoms with Crippen molar-refractivity contribution in [3.8, 4) is 0 Å². The van der Waals surface area contributed by atoms with Gasteiger partial charge in [-0.2, -0.15) is 0 Å². The number of aromatic nitrogens is 1. The molecule has 0 saturated heterocycles. The fourth-order valence-corrected chi connectivity index (χ4v) is 1.99. The summed E-state index contributed by atoms with van der Waals surface area (Å²) in [6, 6.07) is 5.04. The van der Waals surface area contributed by atoms with E-state index in [9.17, 15) is 0 Å². The summed E-state index contributed by atoms with van der Waals surface area (Å²) in [6.45, 7) is 5.42. The third-order valence-corrected chi connectivity index (χ3v) is 3.44. The highest BCUT2D eigenvalue weighted by molar-refractivity contribution is 5.14. The first kappa shape index (κ1) is 10.6. The van der Waals surface area contributed by atoms with Gasteiger partial charge < -0.3 is 5.32 Å². The van der Waals surface area contributed by atoms with Gasteiger partial charge in [0, 0.05) is 24.5 Å². The Morgan fingerprint density at radius 2 is 2.27 bits per heavy atom. The van der Waals surface area contributed by atoms with Gasteiger partial charge in [-0.15, -0.1) is 0 Å². The Morgan fingerprint density at radius 1 is 1.40 bits per heavy atom. The second kappa shape index (κ2) is 4.75. The number of pyridine rings is 1. The Hall–Kier alpha value is -0.890. The minimum atomic E-state index is 0.732. The van der Waals surface area contributed by atoms with Crippen molar-refractivity contribution in [3.63, 3.8) is 0 Å². The smallest absolute Gasteiger partial charge is 0.0401 e. The lowest BCUT2D eigenvalue weighted by Gasteiger charge is -2.34. The normalized spacial score (nSPS) is 24.9. The molecule has 2 nitrogen and oxygen atoms in total. The molecule has 0 aromatic carbocycles. The summed E-state index contributed by atoms with van der Waals surface area (Å²) in [6.07, 6.45) is 5.73. The Kier molecular flexibility index (Phi) is 3.37. The Bertz CT molecular complexity index is 305. The van der Waals surface area contributed by atoms with Crippen molar-refractivity contribution in [2.24, 2.45) is 5.92 Å². The second-order valence-electron chi connectivity index (χ2n) is 4.55. The molecule has 2 heteroatoms. The van der Waals surface area contributed by atoms with Crippen molar-refractivity contribution >= 4 is 0 Å². The number of nitrogens with one attached hydrogen (secondary N) is 1. The van der Waals surface area contributed by atoms with E-state index in [0.717, 1.165) is 24.9 Å². The van der Waals surface area contributed by atoms with Crippen LogP contribution in [0.15, 0.2) is 18.3 Å². The van der Waals surface area contributed by atoms with Crippen molar-refractivity contribution in [2.45, 2.75) is 45.7 Å². The first-order valence-electron chi connectivity index (χ1n) is 5.96. The highest BCUT2D eigenvalue weighted by Crippen LogP contribution is 2.26. The SMILES string of the molecule is CCc1ccc(CNC2CCC2C)cn1. The van der Waals surface area contributed by atoms with E-state index in [4.69, 9.17) is 0 Å². The standard InChI is InChI=1S/C13H20N2/c1-3-12-6-5-11(8-14-12)9-15-13-7-4-10(13)2/h5-6,8,10,13,15H,3-4,7,9H2,1-2H3. The molecular formula is C13H20N2. The number of hydrogen-bond donors (Lipinski definition) is 1. The molecule has 2 unspecified atom stereocenters. The molecule has 1 fully saturated rings. The first-order valence-corrected chi connectivity index (χ1v) is 5.96. The van der Waals surface area contributed by atoms with E-state index in [-0.39, 0.29) is 0 Å². The van der Waals surface area contributed by atoms with E-state index in [1.165, 1.54) is 24.1 Å². The van der Waals surface area contributed by atoms with Crippen LogP contribution in [0.25, 0.3) is 0 Å². The predicted molar refractivity (Wildman–Crippen MR) is 62.6 cm³/mol. The van der Waals surface area contributed by atoms with Crippen molar-refractivity contribution in [1.82, 2.24) is 10.3 Å². The quantitative estimate of drug-likeness (QED) is 0.815. The molecular weight excluding hydrogens is 184 g/mol. The summed E-state index contributed by atoms with van der Waals surface area (Å²) in [7, 11) is 0. The molecule has 1 N–H and O–H groups in total. The summed E-state index contributed by atoms with van der Waals surface area (Å²) in [5.41, 5.74) is 2.47. The fourth-order valence-electron chi connectivity index (χ4n) is 1.99. The maximum Gasteiger partial charge on any atom is 0.0401 e. The number of hydrogen-bond acceptors (Lipinski definition) is 2. The zero-order valence-corrected chi connectivity index (χ0v) is 9.66. The van der Waals surface area contributed by atoms with E-state index in [1.807, 2.05) is 6.20 Å². The lowest BCUT2D eigenvalue weighted by molar-refractivity contribution is 0.228. The predicted octanol–water partition coefficient (Wildman–Crippen LogP) is 2.53. The largest absolute Gasteiger partial charge is 0.310 e. The van der Waals surface area contributed by atoms with Crippen molar-refractivity contribution in [3.05, 3.63) is 29.6 Å². The molecule has 82 valence electrons. The van der Waals surface area contributed by atoms with Crippen LogP contribution in [0.2, 0.25) is 0 Å². The Morgan fingerprint density at radius 3 is 2.73 bits per heavy atom. The second-order valence-corrected chi connectivity index (χ2v) is 4.55. The van der Waals surface area contributed by atoms with Crippen LogP contribution in [0.4, 0.5) is 0 Å². The molecule has 1 aliphatic rings. The van der Waals surface area contributed by atoms with Crippen molar-refractivity contribution in [2.75, 3.05) is 0 Å². The van der Waals surface area contributed by atoms with Crippen LogP contribution in [0.1, 0.15) is 37.9 Å². The molecule has 0 aliphatic heterocycles. The van der Waals surface area contributed by atoms with Crippen LogP contribution in [0, 0.1) is 5.92 Å². The zero-order chi connectivity index (χ0) is 10.7. The molecule has 0 radical (unpaired) electrons. The molecule has 2 atom stereocenters. The van der Waals surface area contributed by atoms with E-state index in [2.05, 4.69) is 36.3 Å². The van der Waals surface area contributed by atoms with Gasteiger partial charge in [-0.1, -0.05) is 19.9 Å². The fraction of sp³-hybridized carbons (Fsp3) is 0.615. The van der Waals surface area contributed by atoms with Gasteiger partial charge in [0.2, 0.25) is 0 Å². The summed E-state index contributed by atoms with van der Waals surface area (Å²) in [5, 5.41) is 3.58. The lowest BCUT2D eigenvalue weighted by Crippen LogP contribution is -2.41. The summed E-state index contributed by atoms with van der Waals surface area (Å²) in [5.74, 6) is 0.855. The molecule has 2 rings (SSSR count). The monoisotopic (exact) mass is 204 g/mol. The molecule has 1 aliphatic carbocycles. The van der Waals surface area contributed by atoms with Gasteiger partial charge in [-0.3, -0.25) is 4.98 Å². The maximum atomic E-state index is 4.40. The summed E-state index contributed by atoms with van der Waals surface area (Å²) in [4.78, 5) is 4.40. The molecule has 0 bridgehead atoms. The van der Waals surface area contributed by atoms with E-state index in [0.29, 0.717) is 0 Å². The Labute approximate surface area is 92.1 Å². The van der Waals surface area contributed by atoms with Crippen molar-refractivity contribution in [1.29, 1.82) is 0 Å². The van der Waals surface area contributed by atoms with Crippen LogP contribution in [-0.4, -0.2) is 11.0 Å². The highest BCUT2D eigenvalue weighted by Gasteiger charge is 2.25. The van der Waals surface area contributed by atoms with Gasteiger partial charge in [0.15, 0.2) is 0 Å². The third-order valence-electron chi connectivity index (χ3n) is 3.44. The van der Waals surface area contributed by atoms with Gasteiger partial charge in [-0.05, 0) is 36.8 Å². The molecule has 1 aromatic rings. The molecule has 15 heavy (non-hydrogen) atoms. The minimum absolute atomic E-state index is 0.732. The van der Waals surface area contributed by atoms with Gasteiger partial charge in [0.05, 0.1) is 0 Å². The number of rotatable bonds is 4. The maximum absolute atomic E-state index is 4.40. The van der Waals surface area contributed by atoms with Crippen LogP contribution in [0.5, 0.6) is 0 Å². The van der Waals surface area contributed by atoms with E-state index >= 15 is 0 Å². The molecule has 1 heterocycles. The topological polar surface area (TPSA) is 24.9 Å². The van der Waals surface area contributed by atoms with Gasteiger partial charge in [0.1, 0.15) is 0 Å². The van der Waals surface area contributed by atoms with Gasteiger partial charge >= 0.3 is 0 Å². The van der Waals surface area contributed by atoms with Gasteiger partial charge in [-0.25, -0.2) is 0 Å². The molecule has 1 aromatic heterocycles. The lowest BCUT2D eigenvalue weighted by atomic mass is 9.81. The van der Waals surface area contributed by atoms with E-state index < -0.39 is 0 Å². The third kappa shape index (κ3) is 2.57. The van der Waals surface area contributed by atoms with Crippen LogP contribution in [0.3, 0.4) is 0 Å². The van der Waals surface area contributed by atoms with Crippen LogP contribution >= 0.6 is 0 Å². The summed E-state index contributed by atoms with van der Waals surface area (Å²) < 4.78 is 0. The van der Waals surface area contributed by atoms with Crippen LogP contribution < -0.4 is 5.32 Å². The Balaban J connectivity index is 1.82. The van der Waals surface area contributed by atoms with Gasteiger partial charge in [0.25, 0.3) is 0 Å². The average molecular weight is 204 g/mol. The average Bonchev–Trinajstić information content (AvgIpc) is 2.28. The number of nitrogens with zero attached hydrogens (tertiary/aromatic N) is 1. The molecule has 0 amide bonds. The van der Waals surface area contributed by atoms with Crippen molar-refractivity contribution < 1.29 is 0 Å². The summed E-state index contributed by atoms with van der Waals surface area (Å²) >= 11 is 0. The highest BCUT2D eigenvalue weighted by atomic mass is 14.9. The zero-order valence-electron chi connectivity index (χ0n) is 9.66. The first-order chi connectivity index (χ1) is 7.29. The van der Waals surface area contributed by atoms with Crippen LogP contribution in [-0.2, 0) is 13.0 Å². The molecule has 1 saturated carbocycles. The molecule has 0 spiro atoms. The number of aryl methyl sites for hydroxylation is 1. The van der Waals surface area contributed by atoms with E-state index in [1.54, 1.807) is 0 Å². The minimum Gasteiger partial charge on any atom is -0.310 e.